The van der Waals surface area contributed by atoms with Gasteiger partial charge in [0.1, 0.15) is 0 Å². The highest BCUT2D eigenvalue weighted by molar-refractivity contribution is 6.36. The molecule has 1 fully saturated rings. The van der Waals surface area contributed by atoms with Crippen molar-refractivity contribution in [1.29, 1.82) is 0 Å². The number of rotatable bonds is 3. The van der Waals surface area contributed by atoms with Crippen LogP contribution in [0.25, 0.3) is 0 Å². The number of hydrogen-bond donors (Lipinski definition) is 0. The fraction of sp³-hybridized carbons (Fsp3) is 0.467. The number of ketones is 1. The van der Waals surface area contributed by atoms with Crippen molar-refractivity contribution >= 4 is 34.9 Å². The second-order valence-corrected chi connectivity index (χ2v) is 6.03. The zero-order valence-electron chi connectivity index (χ0n) is 11.9. The summed E-state index contributed by atoms with van der Waals surface area (Å²) < 4.78 is 0. The lowest BCUT2D eigenvalue weighted by Crippen LogP contribution is -2.35. The fourth-order valence-electron chi connectivity index (χ4n) is 2.45. The minimum atomic E-state index is -0.0204. The van der Waals surface area contributed by atoms with Gasteiger partial charge in [-0.3, -0.25) is 14.5 Å². The Morgan fingerprint density at radius 3 is 2.57 bits per heavy atom. The predicted octanol–water partition coefficient (Wildman–Crippen LogP) is 2.73. The maximum absolute atomic E-state index is 12.3. The van der Waals surface area contributed by atoms with Gasteiger partial charge in [-0.1, -0.05) is 23.2 Å². The number of halogens is 2. The molecule has 0 aliphatic carbocycles. The Balaban J connectivity index is 1.98. The number of carbonyl (C=O) groups is 2. The van der Waals surface area contributed by atoms with Crippen LogP contribution < -0.4 is 0 Å². The Kier molecular flexibility index (Phi) is 5.62. The molecule has 1 aliphatic heterocycles. The largest absolute Gasteiger partial charge is 0.342 e. The van der Waals surface area contributed by atoms with Crippen LogP contribution in [-0.4, -0.2) is 54.2 Å². The van der Waals surface area contributed by atoms with Crippen LogP contribution in [0.1, 0.15) is 23.7 Å². The summed E-state index contributed by atoms with van der Waals surface area (Å²) in [6, 6.07) is 4.91. The van der Waals surface area contributed by atoms with Gasteiger partial charge in [-0.2, -0.15) is 0 Å². The number of hydrogen-bond acceptors (Lipinski definition) is 3. The van der Waals surface area contributed by atoms with Crippen molar-refractivity contribution in [3.8, 4) is 0 Å². The summed E-state index contributed by atoms with van der Waals surface area (Å²) in [5.41, 5.74) is 0.494. The zero-order chi connectivity index (χ0) is 15.4. The van der Waals surface area contributed by atoms with Gasteiger partial charge >= 0.3 is 0 Å². The van der Waals surface area contributed by atoms with Gasteiger partial charge in [0, 0.05) is 43.7 Å². The molecule has 1 heterocycles. The van der Waals surface area contributed by atoms with Crippen molar-refractivity contribution in [3.05, 3.63) is 33.8 Å². The van der Waals surface area contributed by atoms with Gasteiger partial charge in [0.2, 0.25) is 5.91 Å². The van der Waals surface area contributed by atoms with E-state index in [0.717, 1.165) is 19.5 Å². The lowest BCUT2D eigenvalue weighted by Gasteiger charge is -2.20. The molecule has 6 heteroatoms. The van der Waals surface area contributed by atoms with E-state index < -0.39 is 0 Å². The van der Waals surface area contributed by atoms with E-state index in [0.29, 0.717) is 35.2 Å². The first kappa shape index (κ1) is 16.3. The summed E-state index contributed by atoms with van der Waals surface area (Å²) in [5, 5.41) is 0.899. The zero-order valence-corrected chi connectivity index (χ0v) is 13.5. The van der Waals surface area contributed by atoms with E-state index in [1.807, 2.05) is 4.90 Å². The van der Waals surface area contributed by atoms with E-state index >= 15 is 0 Å². The average molecular weight is 329 g/mol. The summed E-state index contributed by atoms with van der Waals surface area (Å²) in [7, 11) is 0. The van der Waals surface area contributed by atoms with Crippen LogP contribution in [0.4, 0.5) is 0 Å². The number of carbonyl (C=O) groups excluding carboxylic acids is 2. The molecule has 0 aromatic heterocycles. The molecule has 1 aliphatic rings. The van der Waals surface area contributed by atoms with Gasteiger partial charge in [0.05, 0.1) is 11.6 Å². The lowest BCUT2D eigenvalue weighted by atomic mass is 10.1. The molecule has 2 rings (SSSR count). The molecule has 0 spiro atoms. The first-order valence-electron chi connectivity index (χ1n) is 6.93. The van der Waals surface area contributed by atoms with Crippen molar-refractivity contribution in [2.24, 2.45) is 0 Å². The van der Waals surface area contributed by atoms with Crippen molar-refractivity contribution in [2.45, 2.75) is 13.3 Å². The number of nitrogens with zero attached hydrogens (tertiary/aromatic N) is 2. The molecule has 1 saturated heterocycles. The second kappa shape index (κ2) is 7.25. The fourth-order valence-corrected chi connectivity index (χ4v) is 2.96. The highest BCUT2D eigenvalue weighted by Gasteiger charge is 2.20. The summed E-state index contributed by atoms with van der Waals surface area (Å²) in [4.78, 5) is 27.6. The minimum absolute atomic E-state index is 0.0204. The molecule has 0 radical (unpaired) electrons. The Hall–Kier alpha value is -1.10. The van der Waals surface area contributed by atoms with Crippen molar-refractivity contribution in [3.63, 3.8) is 0 Å². The van der Waals surface area contributed by atoms with E-state index in [1.165, 1.54) is 0 Å². The molecular formula is C15H18Cl2N2O2. The molecule has 0 unspecified atom stereocenters. The molecule has 114 valence electrons. The maximum Gasteiger partial charge on any atom is 0.219 e. The Morgan fingerprint density at radius 1 is 1.14 bits per heavy atom. The standard InChI is InChI=1S/C15H18Cl2N2O2/c1-11(20)19-6-2-5-18(7-8-19)10-15(21)13-4-3-12(16)9-14(13)17/h3-4,9H,2,5-8,10H2,1H3. The topological polar surface area (TPSA) is 40.6 Å². The van der Waals surface area contributed by atoms with E-state index in [4.69, 9.17) is 23.2 Å². The third-order valence-corrected chi connectivity index (χ3v) is 4.18. The molecular weight excluding hydrogens is 311 g/mol. The molecule has 0 N–H and O–H groups in total. The van der Waals surface area contributed by atoms with E-state index in [9.17, 15) is 9.59 Å². The summed E-state index contributed by atoms with van der Waals surface area (Å²) in [6.45, 7) is 4.82. The third-order valence-electron chi connectivity index (χ3n) is 3.63. The predicted molar refractivity (Wildman–Crippen MR) is 84.1 cm³/mol. The normalized spacial score (nSPS) is 16.6. The molecule has 21 heavy (non-hydrogen) atoms. The molecule has 0 saturated carbocycles. The summed E-state index contributed by atoms with van der Waals surface area (Å²) in [5.74, 6) is 0.0665. The molecule has 1 aromatic carbocycles. The molecule has 0 bridgehead atoms. The average Bonchev–Trinajstić information content (AvgIpc) is 2.64. The van der Waals surface area contributed by atoms with E-state index in [1.54, 1.807) is 25.1 Å². The Morgan fingerprint density at radius 2 is 1.90 bits per heavy atom. The Labute approximate surface area is 134 Å². The monoisotopic (exact) mass is 328 g/mol. The first-order valence-corrected chi connectivity index (χ1v) is 7.69. The van der Waals surface area contributed by atoms with Gasteiger partial charge < -0.3 is 4.90 Å². The summed E-state index contributed by atoms with van der Waals surface area (Å²) in [6.07, 6.45) is 0.876. The molecule has 1 amide bonds. The van der Waals surface area contributed by atoms with Crippen molar-refractivity contribution in [2.75, 3.05) is 32.7 Å². The van der Waals surface area contributed by atoms with Gasteiger partial charge in [-0.05, 0) is 24.6 Å². The van der Waals surface area contributed by atoms with Crippen LogP contribution in [0.3, 0.4) is 0 Å². The van der Waals surface area contributed by atoms with E-state index in [2.05, 4.69) is 4.90 Å². The van der Waals surface area contributed by atoms with Crippen LogP contribution in [-0.2, 0) is 4.79 Å². The number of Topliss-reactive ketones (excluding diaryl/α,β-unsaturated/α-hetero) is 1. The van der Waals surface area contributed by atoms with Crippen LogP contribution in [0.15, 0.2) is 18.2 Å². The van der Waals surface area contributed by atoms with Gasteiger partial charge in [0.15, 0.2) is 5.78 Å². The molecule has 4 nitrogen and oxygen atoms in total. The SMILES string of the molecule is CC(=O)N1CCCN(CC(=O)c2ccc(Cl)cc2Cl)CC1. The first-order chi connectivity index (χ1) is 9.97. The van der Waals surface area contributed by atoms with Crippen LogP contribution >= 0.6 is 23.2 Å². The maximum atomic E-state index is 12.3. The number of benzene rings is 1. The smallest absolute Gasteiger partial charge is 0.219 e. The molecule has 0 atom stereocenters. The van der Waals surface area contributed by atoms with Gasteiger partial charge in [0.25, 0.3) is 0 Å². The number of amides is 1. The second-order valence-electron chi connectivity index (χ2n) is 5.18. The van der Waals surface area contributed by atoms with Crippen molar-refractivity contribution < 1.29 is 9.59 Å². The Bertz CT molecular complexity index is 548. The van der Waals surface area contributed by atoms with Crippen LogP contribution in [0, 0.1) is 0 Å². The van der Waals surface area contributed by atoms with Crippen molar-refractivity contribution in [1.82, 2.24) is 9.80 Å². The third kappa shape index (κ3) is 4.43. The van der Waals surface area contributed by atoms with Crippen LogP contribution in [0.5, 0.6) is 0 Å². The van der Waals surface area contributed by atoms with Gasteiger partial charge in [-0.25, -0.2) is 0 Å². The highest BCUT2D eigenvalue weighted by Crippen LogP contribution is 2.21. The van der Waals surface area contributed by atoms with Gasteiger partial charge in [-0.15, -0.1) is 0 Å². The summed E-state index contributed by atoms with van der Waals surface area (Å²) >= 11 is 11.9. The quantitative estimate of drug-likeness (QED) is 0.801. The lowest BCUT2D eigenvalue weighted by molar-refractivity contribution is -0.128. The van der Waals surface area contributed by atoms with E-state index in [-0.39, 0.29) is 11.7 Å². The minimum Gasteiger partial charge on any atom is -0.342 e. The molecule has 1 aromatic rings. The van der Waals surface area contributed by atoms with Crippen LogP contribution in [0.2, 0.25) is 10.0 Å². The highest BCUT2D eigenvalue weighted by atomic mass is 35.5.